The molecule has 2 N–H and O–H groups in total. The number of rotatable bonds is 3. The van der Waals surface area contributed by atoms with Crippen LogP contribution < -0.4 is 10.9 Å². The summed E-state index contributed by atoms with van der Waals surface area (Å²) in [5, 5.41) is 3.71. The molecule has 0 bridgehead atoms. The van der Waals surface area contributed by atoms with Crippen molar-refractivity contribution in [2.75, 3.05) is 0 Å². The lowest BCUT2D eigenvalue weighted by Crippen LogP contribution is -2.27. The van der Waals surface area contributed by atoms with Crippen molar-refractivity contribution in [3.8, 4) is 0 Å². The van der Waals surface area contributed by atoms with Gasteiger partial charge in [0.1, 0.15) is 0 Å². The van der Waals surface area contributed by atoms with Gasteiger partial charge >= 0.3 is 0 Å². The quantitative estimate of drug-likeness (QED) is 0.780. The number of carbonyl (C=O) groups excluding carboxylic acids is 1. The fourth-order valence-corrected chi connectivity index (χ4v) is 2.30. The number of para-hydroxylation sites is 1. The van der Waals surface area contributed by atoms with Crippen LogP contribution in [0.4, 0.5) is 0 Å². The summed E-state index contributed by atoms with van der Waals surface area (Å²) in [5.74, 6) is -0.474. The van der Waals surface area contributed by atoms with Crippen LogP contribution in [0.1, 0.15) is 16.2 Å². The smallest absolute Gasteiger partial charge is 0.287 e. The third kappa shape index (κ3) is 2.84. The van der Waals surface area contributed by atoms with E-state index in [1.807, 2.05) is 18.2 Å². The minimum Gasteiger partial charge on any atom is -0.345 e. The Hall–Kier alpha value is -2.66. The second-order valence-electron chi connectivity index (χ2n) is 4.71. The molecule has 0 saturated carbocycles. The molecule has 0 radical (unpaired) electrons. The van der Waals surface area contributed by atoms with Gasteiger partial charge < -0.3 is 10.3 Å². The molecule has 1 aromatic heterocycles. The first-order chi connectivity index (χ1) is 10.6. The first-order valence-electron chi connectivity index (χ1n) is 6.66. The van der Waals surface area contributed by atoms with Crippen LogP contribution >= 0.6 is 11.6 Å². The van der Waals surface area contributed by atoms with Gasteiger partial charge in [-0.25, -0.2) is 4.98 Å². The Balaban J connectivity index is 1.84. The number of nitrogens with zero attached hydrogens (tertiary/aromatic N) is 1. The molecule has 0 saturated heterocycles. The zero-order valence-corrected chi connectivity index (χ0v) is 12.2. The van der Waals surface area contributed by atoms with Crippen LogP contribution in [0.5, 0.6) is 0 Å². The number of aromatic nitrogens is 2. The maximum absolute atomic E-state index is 12.1. The van der Waals surface area contributed by atoms with Gasteiger partial charge in [0.15, 0.2) is 5.82 Å². The molecule has 22 heavy (non-hydrogen) atoms. The summed E-state index contributed by atoms with van der Waals surface area (Å²) in [6.45, 7) is 0.259. The molecule has 1 heterocycles. The Bertz CT molecular complexity index is 905. The van der Waals surface area contributed by atoms with Crippen molar-refractivity contribution in [2.24, 2.45) is 0 Å². The van der Waals surface area contributed by atoms with Gasteiger partial charge in [0.2, 0.25) is 0 Å². The first-order valence-corrected chi connectivity index (χ1v) is 7.03. The number of aromatic amines is 1. The van der Waals surface area contributed by atoms with E-state index in [1.54, 1.807) is 30.3 Å². The first kappa shape index (κ1) is 14.3. The Morgan fingerprint density at radius 2 is 1.86 bits per heavy atom. The summed E-state index contributed by atoms with van der Waals surface area (Å²) in [6.07, 6.45) is 0. The predicted octanol–water partition coefficient (Wildman–Crippen LogP) is 2.51. The number of hydrogen-bond donors (Lipinski definition) is 2. The number of carbonyl (C=O) groups is 1. The van der Waals surface area contributed by atoms with Crippen LogP contribution in [0.2, 0.25) is 5.02 Å². The Morgan fingerprint density at radius 1 is 1.14 bits per heavy atom. The van der Waals surface area contributed by atoms with Crippen molar-refractivity contribution in [1.82, 2.24) is 15.3 Å². The van der Waals surface area contributed by atoms with E-state index >= 15 is 0 Å². The van der Waals surface area contributed by atoms with Crippen molar-refractivity contribution >= 4 is 28.4 Å². The lowest BCUT2D eigenvalue weighted by Gasteiger charge is -2.07. The zero-order chi connectivity index (χ0) is 15.5. The Kier molecular flexibility index (Phi) is 3.89. The van der Waals surface area contributed by atoms with E-state index in [-0.39, 0.29) is 17.9 Å². The summed E-state index contributed by atoms with van der Waals surface area (Å²) in [4.78, 5) is 30.7. The van der Waals surface area contributed by atoms with Crippen LogP contribution in [-0.2, 0) is 6.54 Å². The van der Waals surface area contributed by atoms with E-state index in [9.17, 15) is 9.59 Å². The van der Waals surface area contributed by atoms with E-state index < -0.39 is 5.91 Å². The van der Waals surface area contributed by atoms with Gasteiger partial charge in [-0.1, -0.05) is 41.9 Å². The van der Waals surface area contributed by atoms with Gasteiger partial charge in [0.05, 0.1) is 10.9 Å². The van der Waals surface area contributed by atoms with Crippen molar-refractivity contribution in [3.63, 3.8) is 0 Å². The molecular weight excluding hydrogens is 302 g/mol. The summed E-state index contributed by atoms with van der Waals surface area (Å²) in [5.41, 5.74) is 0.934. The fourth-order valence-electron chi connectivity index (χ4n) is 2.09. The van der Waals surface area contributed by atoms with Gasteiger partial charge in [-0.05, 0) is 23.8 Å². The predicted molar refractivity (Wildman–Crippen MR) is 85.0 cm³/mol. The maximum Gasteiger partial charge on any atom is 0.287 e. The molecule has 0 unspecified atom stereocenters. The number of amides is 1. The van der Waals surface area contributed by atoms with Gasteiger partial charge in [0.25, 0.3) is 11.5 Å². The molecule has 0 fully saturated rings. The van der Waals surface area contributed by atoms with E-state index in [0.29, 0.717) is 15.9 Å². The topological polar surface area (TPSA) is 74.8 Å². The zero-order valence-electron chi connectivity index (χ0n) is 11.5. The monoisotopic (exact) mass is 313 g/mol. The highest BCUT2D eigenvalue weighted by molar-refractivity contribution is 6.31. The lowest BCUT2D eigenvalue weighted by atomic mass is 10.2. The number of fused-ring (bicyclic) bond motifs is 1. The summed E-state index contributed by atoms with van der Waals surface area (Å²) in [7, 11) is 0. The number of benzene rings is 2. The molecule has 0 spiro atoms. The molecule has 5 nitrogen and oxygen atoms in total. The molecule has 3 aromatic rings. The summed E-state index contributed by atoms with van der Waals surface area (Å²) in [6, 6.07) is 14.1. The van der Waals surface area contributed by atoms with Crippen molar-refractivity contribution in [1.29, 1.82) is 0 Å². The van der Waals surface area contributed by atoms with Crippen LogP contribution in [0.25, 0.3) is 10.9 Å². The van der Waals surface area contributed by atoms with E-state index in [0.717, 1.165) is 5.56 Å². The molecule has 0 aliphatic rings. The van der Waals surface area contributed by atoms with Crippen molar-refractivity contribution < 1.29 is 4.79 Å². The Labute approximate surface area is 131 Å². The van der Waals surface area contributed by atoms with E-state index in [1.165, 1.54) is 0 Å². The average Bonchev–Trinajstić information content (AvgIpc) is 2.54. The number of halogens is 1. The second kappa shape index (κ2) is 5.99. The summed E-state index contributed by atoms with van der Waals surface area (Å²) < 4.78 is 0. The Morgan fingerprint density at radius 3 is 2.68 bits per heavy atom. The van der Waals surface area contributed by atoms with Crippen LogP contribution in [0, 0.1) is 0 Å². The highest BCUT2D eigenvalue weighted by Gasteiger charge is 2.11. The molecule has 0 atom stereocenters. The van der Waals surface area contributed by atoms with Gasteiger partial charge in [0, 0.05) is 11.6 Å². The van der Waals surface area contributed by atoms with Crippen LogP contribution in [0.15, 0.2) is 53.3 Å². The SMILES string of the molecule is O=C(NCc1ccccc1Cl)c1nc2ccccc2c(=O)[nH]1. The molecule has 110 valence electrons. The highest BCUT2D eigenvalue weighted by Crippen LogP contribution is 2.14. The largest absolute Gasteiger partial charge is 0.345 e. The number of hydrogen-bond acceptors (Lipinski definition) is 3. The number of H-pyrrole nitrogens is 1. The van der Waals surface area contributed by atoms with E-state index in [2.05, 4.69) is 15.3 Å². The summed E-state index contributed by atoms with van der Waals surface area (Å²) >= 11 is 6.03. The second-order valence-corrected chi connectivity index (χ2v) is 5.11. The average molecular weight is 314 g/mol. The van der Waals surface area contributed by atoms with Crippen molar-refractivity contribution in [2.45, 2.75) is 6.54 Å². The fraction of sp³-hybridized carbons (Fsp3) is 0.0625. The van der Waals surface area contributed by atoms with Crippen LogP contribution in [-0.4, -0.2) is 15.9 Å². The standard InChI is InChI=1S/C16H12ClN3O2/c17-12-7-3-1-5-10(12)9-18-16(22)14-19-13-8-4-2-6-11(13)15(21)20-14/h1-8H,9H2,(H,18,22)(H,19,20,21). The maximum atomic E-state index is 12.1. The molecule has 6 heteroatoms. The van der Waals surface area contributed by atoms with Gasteiger partial charge in [-0.15, -0.1) is 0 Å². The third-order valence-electron chi connectivity index (χ3n) is 3.23. The molecular formula is C16H12ClN3O2. The molecule has 1 amide bonds. The minimum absolute atomic E-state index is 0.0178. The molecule has 3 rings (SSSR count). The van der Waals surface area contributed by atoms with Gasteiger partial charge in [-0.2, -0.15) is 0 Å². The van der Waals surface area contributed by atoms with Gasteiger partial charge in [-0.3, -0.25) is 9.59 Å². The molecule has 0 aliphatic carbocycles. The minimum atomic E-state index is -0.456. The lowest BCUT2D eigenvalue weighted by molar-refractivity contribution is 0.0940. The molecule has 2 aromatic carbocycles. The molecule has 0 aliphatic heterocycles. The number of nitrogens with one attached hydrogen (secondary N) is 2. The van der Waals surface area contributed by atoms with E-state index in [4.69, 9.17) is 11.6 Å². The third-order valence-corrected chi connectivity index (χ3v) is 3.59. The normalized spacial score (nSPS) is 10.6. The van der Waals surface area contributed by atoms with Crippen LogP contribution in [0.3, 0.4) is 0 Å². The highest BCUT2D eigenvalue weighted by atomic mass is 35.5. The van der Waals surface area contributed by atoms with Crippen molar-refractivity contribution in [3.05, 3.63) is 75.3 Å².